The molecule has 1 saturated carbocycles. The van der Waals surface area contributed by atoms with Gasteiger partial charge in [-0.25, -0.2) is 0 Å². The van der Waals surface area contributed by atoms with Crippen LogP contribution >= 0.6 is 0 Å². The summed E-state index contributed by atoms with van der Waals surface area (Å²) in [5.41, 5.74) is 1.96. The van der Waals surface area contributed by atoms with Crippen LogP contribution in [0.15, 0.2) is 6.20 Å². The number of ketones is 2. The summed E-state index contributed by atoms with van der Waals surface area (Å²) in [5, 5.41) is 4.23. The zero-order valence-corrected chi connectivity index (χ0v) is 8.99. The number of aromatic nitrogens is 2. The Bertz CT molecular complexity index is 404. The van der Waals surface area contributed by atoms with Gasteiger partial charge in [-0.3, -0.25) is 14.3 Å². The quantitative estimate of drug-likeness (QED) is 0.647. The summed E-state index contributed by atoms with van der Waals surface area (Å²) >= 11 is 0. The van der Waals surface area contributed by atoms with E-state index in [1.165, 1.54) is 0 Å². The van der Waals surface area contributed by atoms with Gasteiger partial charge in [-0.05, 0) is 12.5 Å². The van der Waals surface area contributed by atoms with Gasteiger partial charge in [0.25, 0.3) is 0 Å². The minimum atomic E-state index is 0.0486. The van der Waals surface area contributed by atoms with Crippen LogP contribution in [0.25, 0.3) is 0 Å². The Balaban J connectivity index is 2.27. The topological polar surface area (TPSA) is 52.0 Å². The third-order valence-corrected chi connectivity index (χ3v) is 2.83. The van der Waals surface area contributed by atoms with Gasteiger partial charge >= 0.3 is 0 Å². The van der Waals surface area contributed by atoms with Gasteiger partial charge in [0.2, 0.25) is 0 Å². The second kappa shape index (κ2) is 3.61. The molecule has 0 atom stereocenters. The molecular formula is C11H14N2O2. The molecule has 1 fully saturated rings. The van der Waals surface area contributed by atoms with Gasteiger partial charge in [-0.1, -0.05) is 0 Å². The highest BCUT2D eigenvalue weighted by atomic mass is 16.1. The number of Topliss-reactive ketones (excluding diaryl/α,β-unsaturated/α-hetero) is 2. The van der Waals surface area contributed by atoms with Gasteiger partial charge in [0.1, 0.15) is 11.6 Å². The number of rotatable bonds is 1. The summed E-state index contributed by atoms with van der Waals surface area (Å²) in [7, 11) is 1.85. The lowest BCUT2D eigenvalue weighted by atomic mass is 9.83. The Labute approximate surface area is 88.3 Å². The van der Waals surface area contributed by atoms with Crippen LogP contribution in [0, 0.1) is 6.92 Å². The lowest BCUT2D eigenvalue weighted by Gasteiger charge is -2.19. The Hall–Kier alpha value is -1.45. The van der Waals surface area contributed by atoms with E-state index in [1.54, 1.807) is 4.68 Å². The van der Waals surface area contributed by atoms with Crippen LogP contribution in [0.2, 0.25) is 0 Å². The molecule has 0 radical (unpaired) electrons. The summed E-state index contributed by atoms with van der Waals surface area (Å²) in [6, 6.07) is 0. The van der Waals surface area contributed by atoms with Crippen molar-refractivity contribution in [1.82, 2.24) is 9.78 Å². The molecule has 1 aromatic heterocycles. The number of aryl methyl sites for hydroxylation is 2. The first-order chi connectivity index (χ1) is 7.06. The molecule has 0 N–H and O–H groups in total. The Kier molecular flexibility index (Phi) is 2.42. The van der Waals surface area contributed by atoms with E-state index >= 15 is 0 Å². The molecule has 0 saturated heterocycles. The van der Waals surface area contributed by atoms with Crippen molar-refractivity contribution >= 4 is 11.6 Å². The molecule has 4 heteroatoms. The first-order valence-electron chi connectivity index (χ1n) is 5.10. The molecule has 0 aliphatic heterocycles. The Morgan fingerprint density at radius 2 is 1.93 bits per heavy atom. The van der Waals surface area contributed by atoms with Crippen LogP contribution in [-0.4, -0.2) is 21.3 Å². The van der Waals surface area contributed by atoms with Crippen molar-refractivity contribution in [3.05, 3.63) is 17.5 Å². The zero-order chi connectivity index (χ0) is 11.0. The van der Waals surface area contributed by atoms with Gasteiger partial charge < -0.3 is 0 Å². The SMILES string of the molecule is Cc1nn(C)cc1C1CC(=O)CC(=O)C1. The van der Waals surface area contributed by atoms with Crippen molar-refractivity contribution in [1.29, 1.82) is 0 Å². The van der Waals surface area contributed by atoms with Crippen LogP contribution in [-0.2, 0) is 16.6 Å². The molecule has 1 heterocycles. The van der Waals surface area contributed by atoms with Gasteiger partial charge in [-0.2, -0.15) is 5.10 Å². The molecule has 15 heavy (non-hydrogen) atoms. The van der Waals surface area contributed by atoms with Crippen molar-refractivity contribution in [2.75, 3.05) is 0 Å². The molecule has 0 aromatic carbocycles. The summed E-state index contributed by atoms with van der Waals surface area (Å²) in [6.07, 6.45) is 3.00. The van der Waals surface area contributed by atoms with E-state index in [0.717, 1.165) is 11.3 Å². The standard InChI is InChI=1S/C11H14N2O2/c1-7-11(6-13(2)12-7)8-3-9(14)5-10(15)4-8/h6,8H,3-5H2,1-2H3. The lowest BCUT2D eigenvalue weighted by Crippen LogP contribution is -2.21. The normalized spacial score (nSPS) is 18.5. The molecule has 0 amide bonds. The van der Waals surface area contributed by atoms with Crippen LogP contribution < -0.4 is 0 Å². The second-order valence-electron chi connectivity index (χ2n) is 4.20. The Morgan fingerprint density at radius 3 is 2.40 bits per heavy atom. The maximum Gasteiger partial charge on any atom is 0.140 e. The average Bonchev–Trinajstić information content (AvgIpc) is 2.43. The molecule has 0 spiro atoms. The predicted molar refractivity (Wildman–Crippen MR) is 54.6 cm³/mol. The summed E-state index contributed by atoms with van der Waals surface area (Å²) in [5.74, 6) is 0.159. The number of carbonyl (C=O) groups excluding carboxylic acids is 2. The first-order valence-corrected chi connectivity index (χ1v) is 5.10. The molecular weight excluding hydrogens is 192 g/mol. The fraction of sp³-hybridized carbons (Fsp3) is 0.545. The van der Waals surface area contributed by atoms with E-state index in [2.05, 4.69) is 5.10 Å². The zero-order valence-electron chi connectivity index (χ0n) is 8.99. The monoisotopic (exact) mass is 206 g/mol. The molecule has 1 aliphatic rings. The minimum Gasteiger partial charge on any atom is -0.299 e. The highest BCUT2D eigenvalue weighted by Crippen LogP contribution is 2.30. The van der Waals surface area contributed by atoms with Crippen molar-refractivity contribution in [2.45, 2.75) is 32.1 Å². The molecule has 80 valence electrons. The third kappa shape index (κ3) is 1.98. The van der Waals surface area contributed by atoms with E-state index in [-0.39, 0.29) is 23.9 Å². The van der Waals surface area contributed by atoms with Crippen LogP contribution in [0.1, 0.15) is 36.4 Å². The summed E-state index contributed by atoms with van der Waals surface area (Å²) in [4.78, 5) is 22.7. The van der Waals surface area contributed by atoms with Crippen LogP contribution in [0.3, 0.4) is 0 Å². The number of hydrogen-bond acceptors (Lipinski definition) is 3. The van der Waals surface area contributed by atoms with Crippen molar-refractivity contribution in [2.24, 2.45) is 7.05 Å². The first kappa shape index (κ1) is 10.1. The van der Waals surface area contributed by atoms with E-state index in [0.29, 0.717) is 12.8 Å². The molecule has 0 unspecified atom stereocenters. The smallest absolute Gasteiger partial charge is 0.140 e. The van der Waals surface area contributed by atoms with Crippen LogP contribution in [0.5, 0.6) is 0 Å². The van der Waals surface area contributed by atoms with Crippen molar-refractivity contribution in [3.8, 4) is 0 Å². The molecule has 0 bridgehead atoms. The van der Waals surface area contributed by atoms with Gasteiger partial charge in [-0.15, -0.1) is 0 Å². The largest absolute Gasteiger partial charge is 0.299 e. The van der Waals surface area contributed by atoms with Crippen molar-refractivity contribution < 1.29 is 9.59 Å². The highest BCUT2D eigenvalue weighted by molar-refractivity contribution is 6.02. The molecule has 2 rings (SSSR count). The third-order valence-electron chi connectivity index (χ3n) is 2.83. The van der Waals surface area contributed by atoms with Gasteiger partial charge in [0, 0.05) is 32.0 Å². The van der Waals surface area contributed by atoms with E-state index in [4.69, 9.17) is 0 Å². The van der Waals surface area contributed by atoms with Crippen molar-refractivity contribution in [3.63, 3.8) is 0 Å². The number of carbonyl (C=O) groups is 2. The van der Waals surface area contributed by atoms with E-state index < -0.39 is 0 Å². The summed E-state index contributed by atoms with van der Waals surface area (Å²) in [6.45, 7) is 1.92. The number of nitrogens with zero attached hydrogens (tertiary/aromatic N) is 2. The van der Waals surface area contributed by atoms with Crippen LogP contribution in [0.4, 0.5) is 0 Å². The van der Waals surface area contributed by atoms with E-state index in [1.807, 2.05) is 20.2 Å². The maximum absolute atomic E-state index is 11.3. The molecule has 1 aromatic rings. The average molecular weight is 206 g/mol. The lowest BCUT2D eigenvalue weighted by molar-refractivity contribution is -0.130. The molecule has 1 aliphatic carbocycles. The fourth-order valence-electron chi connectivity index (χ4n) is 2.22. The van der Waals surface area contributed by atoms with E-state index in [9.17, 15) is 9.59 Å². The second-order valence-corrected chi connectivity index (χ2v) is 4.20. The highest BCUT2D eigenvalue weighted by Gasteiger charge is 2.28. The maximum atomic E-state index is 11.3. The fourth-order valence-corrected chi connectivity index (χ4v) is 2.22. The van der Waals surface area contributed by atoms with Gasteiger partial charge in [0.15, 0.2) is 0 Å². The minimum absolute atomic E-state index is 0.0486. The van der Waals surface area contributed by atoms with Gasteiger partial charge in [0.05, 0.1) is 12.1 Å². The molecule has 4 nitrogen and oxygen atoms in total. The summed E-state index contributed by atoms with van der Waals surface area (Å²) < 4.78 is 1.73. The number of hydrogen-bond donors (Lipinski definition) is 0. The predicted octanol–water partition coefficient (Wildman–Crippen LogP) is 1.13. The Morgan fingerprint density at radius 1 is 1.33 bits per heavy atom.